The summed E-state index contributed by atoms with van der Waals surface area (Å²) in [5.41, 5.74) is 0.653. The van der Waals surface area contributed by atoms with E-state index in [0.29, 0.717) is 11.9 Å². The molecule has 19 heavy (non-hydrogen) atoms. The number of carbonyl (C=O) groups excluding carboxylic acids is 1. The molecule has 0 radical (unpaired) electrons. The van der Waals surface area contributed by atoms with Crippen LogP contribution in [0, 0.1) is 6.92 Å². The Labute approximate surface area is 111 Å². The first kappa shape index (κ1) is 13.3. The molecular formula is C14H17N3O2. The zero-order chi connectivity index (χ0) is 14.0. The highest BCUT2D eigenvalue weighted by Crippen LogP contribution is 2.11. The van der Waals surface area contributed by atoms with Crippen molar-refractivity contribution in [1.82, 2.24) is 14.7 Å². The van der Waals surface area contributed by atoms with Gasteiger partial charge in [0.2, 0.25) is 5.91 Å². The molecule has 0 saturated heterocycles. The van der Waals surface area contributed by atoms with Crippen LogP contribution in [-0.2, 0) is 11.3 Å². The predicted octanol–water partition coefficient (Wildman–Crippen LogP) is 1.18. The molecule has 1 aromatic carbocycles. The van der Waals surface area contributed by atoms with Gasteiger partial charge in [-0.2, -0.15) is 5.10 Å². The third-order valence-electron chi connectivity index (χ3n) is 3.09. The number of hydrogen-bond acceptors (Lipinski definition) is 3. The Morgan fingerprint density at radius 3 is 2.53 bits per heavy atom. The van der Waals surface area contributed by atoms with Crippen LogP contribution < -0.4 is 5.56 Å². The number of fused-ring (bicyclic) bond motifs is 1. The maximum atomic E-state index is 12.2. The summed E-state index contributed by atoms with van der Waals surface area (Å²) < 4.78 is 1.37. The molecule has 0 aliphatic heterocycles. The number of benzene rings is 1. The van der Waals surface area contributed by atoms with Crippen molar-refractivity contribution in [3.63, 3.8) is 0 Å². The first-order valence-corrected chi connectivity index (χ1v) is 6.17. The second kappa shape index (κ2) is 5.22. The van der Waals surface area contributed by atoms with Gasteiger partial charge in [-0.3, -0.25) is 9.59 Å². The molecule has 5 nitrogen and oxygen atoms in total. The van der Waals surface area contributed by atoms with Crippen molar-refractivity contribution in [2.75, 3.05) is 14.1 Å². The molecular weight excluding hydrogens is 242 g/mol. The summed E-state index contributed by atoms with van der Waals surface area (Å²) in [5, 5.41) is 5.77. The number of nitrogens with zero attached hydrogens (tertiary/aromatic N) is 3. The molecule has 1 amide bonds. The standard InChI is InChI=1S/C14H17N3O2/c1-10-11-6-4-5-7-12(11)14(19)17(15-10)9-8-13(18)16(2)3/h4-7H,8-9H2,1-3H3. The molecule has 0 unspecified atom stereocenters. The second-order valence-corrected chi connectivity index (χ2v) is 4.70. The van der Waals surface area contributed by atoms with Crippen molar-refractivity contribution in [3.8, 4) is 0 Å². The topological polar surface area (TPSA) is 55.2 Å². The molecule has 0 fully saturated rings. The number of hydrogen-bond donors (Lipinski definition) is 0. The minimum atomic E-state index is -0.146. The van der Waals surface area contributed by atoms with Crippen LogP contribution in [0.5, 0.6) is 0 Å². The molecule has 0 aliphatic rings. The average Bonchev–Trinajstić information content (AvgIpc) is 2.40. The zero-order valence-corrected chi connectivity index (χ0v) is 11.4. The summed E-state index contributed by atoms with van der Waals surface area (Å²) in [6.07, 6.45) is 0.275. The minimum Gasteiger partial charge on any atom is -0.349 e. The molecule has 1 heterocycles. The average molecular weight is 259 g/mol. The molecule has 0 spiro atoms. The van der Waals surface area contributed by atoms with Gasteiger partial charge in [-0.15, -0.1) is 0 Å². The predicted molar refractivity (Wildman–Crippen MR) is 74.1 cm³/mol. The third-order valence-corrected chi connectivity index (χ3v) is 3.09. The van der Waals surface area contributed by atoms with E-state index in [9.17, 15) is 9.59 Å². The van der Waals surface area contributed by atoms with E-state index in [1.807, 2.05) is 25.1 Å². The van der Waals surface area contributed by atoms with Gasteiger partial charge in [-0.05, 0) is 13.0 Å². The van der Waals surface area contributed by atoms with Crippen LogP contribution in [0.1, 0.15) is 12.1 Å². The summed E-state index contributed by atoms with van der Waals surface area (Å²) in [6, 6.07) is 7.39. The third kappa shape index (κ3) is 2.65. The van der Waals surface area contributed by atoms with Crippen LogP contribution >= 0.6 is 0 Å². The van der Waals surface area contributed by atoms with E-state index < -0.39 is 0 Å². The number of rotatable bonds is 3. The lowest BCUT2D eigenvalue weighted by atomic mass is 10.1. The Bertz CT molecular complexity index is 674. The van der Waals surface area contributed by atoms with Gasteiger partial charge < -0.3 is 4.90 Å². The van der Waals surface area contributed by atoms with Gasteiger partial charge in [0, 0.05) is 25.9 Å². The summed E-state index contributed by atoms with van der Waals surface area (Å²) in [4.78, 5) is 25.3. The molecule has 1 aromatic heterocycles. The van der Waals surface area contributed by atoms with Crippen LogP contribution in [-0.4, -0.2) is 34.7 Å². The Morgan fingerprint density at radius 1 is 1.26 bits per heavy atom. The van der Waals surface area contributed by atoms with Gasteiger partial charge >= 0.3 is 0 Å². The second-order valence-electron chi connectivity index (χ2n) is 4.70. The van der Waals surface area contributed by atoms with Crippen LogP contribution in [0.4, 0.5) is 0 Å². The highest BCUT2D eigenvalue weighted by molar-refractivity contribution is 5.83. The minimum absolute atomic E-state index is 0.0143. The summed E-state index contributed by atoms with van der Waals surface area (Å²) in [5.74, 6) is -0.0143. The summed E-state index contributed by atoms with van der Waals surface area (Å²) in [6.45, 7) is 2.17. The molecule has 0 atom stereocenters. The fourth-order valence-electron chi connectivity index (χ4n) is 1.98. The van der Waals surface area contributed by atoms with Crippen molar-refractivity contribution in [2.24, 2.45) is 0 Å². The molecule has 5 heteroatoms. The maximum Gasteiger partial charge on any atom is 0.274 e. The Kier molecular flexibility index (Phi) is 3.64. The van der Waals surface area contributed by atoms with E-state index in [0.717, 1.165) is 11.1 Å². The van der Waals surface area contributed by atoms with E-state index in [1.165, 1.54) is 9.58 Å². The van der Waals surface area contributed by atoms with Gasteiger partial charge in [0.15, 0.2) is 0 Å². The Morgan fingerprint density at radius 2 is 1.89 bits per heavy atom. The van der Waals surface area contributed by atoms with Crippen LogP contribution in [0.3, 0.4) is 0 Å². The first-order chi connectivity index (χ1) is 9.00. The van der Waals surface area contributed by atoms with Crippen LogP contribution in [0.2, 0.25) is 0 Å². The van der Waals surface area contributed by atoms with Crippen LogP contribution in [0.15, 0.2) is 29.1 Å². The van der Waals surface area contributed by atoms with Gasteiger partial charge in [0.25, 0.3) is 5.56 Å². The number of aryl methyl sites for hydroxylation is 2. The Balaban J connectivity index is 2.37. The molecule has 0 N–H and O–H groups in total. The number of carbonyl (C=O) groups is 1. The molecule has 100 valence electrons. The first-order valence-electron chi connectivity index (χ1n) is 6.17. The zero-order valence-electron chi connectivity index (χ0n) is 11.4. The molecule has 0 saturated carbocycles. The highest BCUT2D eigenvalue weighted by atomic mass is 16.2. The SMILES string of the molecule is Cc1nn(CCC(=O)N(C)C)c(=O)c2ccccc12. The smallest absolute Gasteiger partial charge is 0.274 e. The van der Waals surface area contributed by atoms with Gasteiger partial charge in [0.05, 0.1) is 17.6 Å². The van der Waals surface area contributed by atoms with Crippen molar-refractivity contribution in [1.29, 1.82) is 0 Å². The van der Waals surface area contributed by atoms with E-state index >= 15 is 0 Å². The van der Waals surface area contributed by atoms with E-state index in [4.69, 9.17) is 0 Å². The monoisotopic (exact) mass is 259 g/mol. The van der Waals surface area contributed by atoms with Gasteiger partial charge in [0.1, 0.15) is 0 Å². The Hall–Kier alpha value is -2.17. The quantitative estimate of drug-likeness (QED) is 0.831. The molecule has 2 aromatic rings. The lowest BCUT2D eigenvalue weighted by molar-refractivity contribution is -0.128. The lowest BCUT2D eigenvalue weighted by Gasteiger charge is -2.11. The largest absolute Gasteiger partial charge is 0.349 e. The molecule has 0 aliphatic carbocycles. The fraction of sp³-hybridized carbons (Fsp3) is 0.357. The van der Waals surface area contributed by atoms with E-state index in [-0.39, 0.29) is 17.9 Å². The van der Waals surface area contributed by atoms with Crippen LogP contribution in [0.25, 0.3) is 10.8 Å². The summed E-state index contributed by atoms with van der Waals surface area (Å²) >= 11 is 0. The van der Waals surface area contributed by atoms with Crippen molar-refractivity contribution < 1.29 is 4.79 Å². The van der Waals surface area contributed by atoms with Gasteiger partial charge in [-0.1, -0.05) is 18.2 Å². The maximum absolute atomic E-state index is 12.2. The van der Waals surface area contributed by atoms with Crippen molar-refractivity contribution in [2.45, 2.75) is 19.9 Å². The van der Waals surface area contributed by atoms with E-state index in [2.05, 4.69) is 5.10 Å². The van der Waals surface area contributed by atoms with Crippen molar-refractivity contribution >= 4 is 16.7 Å². The molecule has 0 bridgehead atoms. The highest BCUT2D eigenvalue weighted by Gasteiger charge is 2.09. The fourth-order valence-corrected chi connectivity index (χ4v) is 1.98. The number of aromatic nitrogens is 2. The van der Waals surface area contributed by atoms with Crippen molar-refractivity contribution in [3.05, 3.63) is 40.3 Å². The lowest BCUT2D eigenvalue weighted by Crippen LogP contribution is -2.28. The van der Waals surface area contributed by atoms with E-state index in [1.54, 1.807) is 20.2 Å². The molecule has 2 rings (SSSR count). The normalized spacial score (nSPS) is 10.7. The summed E-state index contributed by atoms with van der Waals surface area (Å²) in [7, 11) is 3.40. The van der Waals surface area contributed by atoms with Gasteiger partial charge in [-0.25, -0.2) is 4.68 Å². The number of amides is 1.